The van der Waals surface area contributed by atoms with Crippen molar-refractivity contribution in [2.45, 2.75) is 32.2 Å². The van der Waals surface area contributed by atoms with Gasteiger partial charge in [0.25, 0.3) is 0 Å². The second-order valence-electron chi connectivity index (χ2n) is 5.22. The van der Waals surface area contributed by atoms with Crippen molar-refractivity contribution in [3.05, 3.63) is 28.8 Å². The van der Waals surface area contributed by atoms with Crippen molar-refractivity contribution < 1.29 is 5.11 Å². The number of nitrogens with zero attached hydrogens (tertiary/aromatic N) is 1. The summed E-state index contributed by atoms with van der Waals surface area (Å²) in [5.41, 5.74) is 1.10. The summed E-state index contributed by atoms with van der Waals surface area (Å²) >= 11 is 6.02. The van der Waals surface area contributed by atoms with E-state index in [0.29, 0.717) is 5.02 Å². The number of hydrogen-bond acceptors (Lipinski definition) is 3. The first kappa shape index (κ1) is 14.6. The molecule has 2 saturated heterocycles. The summed E-state index contributed by atoms with van der Waals surface area (Å²) in [4.78, 5) is 2.39. The highest BCUT2D eigenvalue weighted by molar-refractivity contribution is 6.31. The maximum Gasteiger partial charge on any atom is 0.117 e. The maximum absolute atomic E-state index is 9.20. The summed E-state index contributed by atoms with van der Waals surface area (Å²) < 4.78 is 0. The van der Waals surface area contributed by atoms with Gasteiger partial charge in [-0.2, -0.15) is 0 Å². The largest absolute Gasteiger partial charge is 0.508 e. The Morgan fingerprint density at radius 1 is 1.11 bits per heavy atom. The standard InChI is InChI=1S/C11H14ClNO.C4H9N/c12-11-7-10(14)4-3-9(11)8-13-5-1-2-6-13;1-2-4-5-3-1/h3-4,7,14H,1-2,5-6,8H2;5H,1-4H2. The van der Waals surface area contributed by atoms with Gasteiger partial charge in [-0.3, -0.25) is 4.90 Å². The van der Waals surface area contributed by atoms with Crippen LogP contribution >= 0.6 is 11.6 Å². The molecule has 3 rings (SSSR count). The van der Waals surface area contributed by atoms with Gasteiger partial charge in [0.2, 0.25) is 0 Å². The number of hydrogen-bond donors (Lipinski definition) is 2. The van der Waals surface area contributed by atoms with E-state index >= 15 is 0 Å². The summed E-state index contributed by atoms with van der Waals surface area (Å²) in [5.74, 6) is 0.236. The van der Waals surface area contributed by atoms with Crippen LogP contribution < -0.4 is 5.32 Å². The zero-order valence-electron chi connectivity index (χ0n) is 11.4. The molecule has 19 heavy (non-hydrogen) atoms. The van der Waals surface area contributed by atoms with Crippen molar-refractivity contribution >= 4 is 11.6 Å². The van der Waals surface area contributed by atoms with Gasteiger partial charge < -0.3 is 10.4 Å². The first-order valence-electron chi connectivity index (χ1n) is 7.16. The van der Waals surface area contributed by atoms with Crippen LogP contribution in [0.25, 0.3) is 0 Å². The molecular formula is C15H23ClN2O. The molecule has 1 aromatic carbocycles. The molecule has 0 aromatic heterocycles. The Morgan fingerprint density at radius 2 is 1.79 bits per heavy atom. The van der Waals surface area contributed by atoms with E-state index in [4.69, 9.17) is 11.6 Å². The van der Waals surface area contributed by atoms with E-state index in [0.717, 1.165) is 25.2 Å². The lowest BCUT2D eigenvalue weighted by Gasteiger charge is -2.15. The van der Waals surface area contributed by atoms with E-state index in [9.17, 15) is 5.11 Å². The second-order valence-corrected chi connectivity index (χ2v) is 5.62. The second kappa shape index (κ2) is 7.73. The predicted octanol–water partition coefficient (Wildman–Crippen LogP) is 3.01. The highest BCUT2D eigenvalue weighted by Crippen LogP contribution is 2.23. The summed E-state index contributed by atoms with van der Waals surface area (Å²) in [5, 5.41) is 13.1. The SMILES string of the molecule is C1CCNC1.Oc1ccc(CN2CCCC2)c(Cl)c1. The number of nitrogens with one attached hydrogen (secondary N) is 1. The topological polar surface area (TPSA) is 35.5 Å². The number of benzene rings is 1. The first-order valence-corrected chi connectivity index (χ1v) is 7.54. The van der Waals surface area contributed by atoms with E-state index < -0.39 is 0 Å². The Labute approximate surface area is 120 Å². The number of aromatic hydroxyl groups is 1. The molecule has 3 nitrogen and oxygen atoms in total. The minimum absolute atomic E-state index is 0.236. The van der Waals surface area contributed by atoms with Crippen LogP contribution in [0.5, 0.6) is 5.75 Å². The van der Waals surface area contributed by atoms with Crippen LogP contribution in [-0.2, 0) is 6.54 Å². The molecule has 1 aromatic rings. The van der Waals surface area contributed by atoms with Gasteiger partial charge in [-0.25, -0.2) is 0 Å². The fraction of sp³-hybridized carbons (Fsp3) is 0.600. The molecule has 0 radical (unpaired) electrons. The van der Waals surface area contributed by atoms with E-state index in [1.807, 2.05) is 6.07 Å². The summed E-state index contributed by atoms with van der Waals surface area (Å²) in [7, 11) is 0. The Balaban J connectivity index is 0.000000224. The number of phenols is 1. The minimum atomic E-state index is 0.236. The van der Waals surface area contributed by atoms with E-state index in [-0.39, 0.29) is 5.75 Å². The number of likely N-dealkylation sites (tertiary alicyclic amines) is 1. The van der Waals surface area contributed by atoms with E-state index in [1.165, 1.54) is 38.8 Å². The molecule has 2 N–H and O–H groups in total. The zero-order valence-corrected chi connectivity index (χ0v) is 12.1. The summed E-state index contributed by atoms with van der Waals surface area (Å²) in [6.45, 7) is 5.73. The third-order valence-corrected chi connectivity index (χ3v) is 3.94. The lowest BCUT2D eigenvalue weighted by Crippen LogP contribution is -2.18. The molecule has 2 aliphatic rings. The van der Waals surface area contributed by atoms with Crippen LogP contribution in [0.2, 0.25) is 5.02 Å². The van der Waals surface area contributed by atoms with E-state index in [2.05, 4.69) is 10.2 Å². The molecule has 106 valence electrons. The van der Waals surface area contributed by atoms with Gasteiger partial charge in [0.1, 0.15) is 5.75 Å². The third-order valence-electron chi connectivity index (χ3n) is 3.59. The monoisotopic (exact) mass is 282 g/mol. The van der Waals surface area contributed by atoms with Crippen molar-refractivity contribution in [3.8, 4) is 5.75 Å². The van der Waals surface area contributed by atoms with Crippen LogP contribution in [0, 0.1) is 0 Å². The molecule has 2 heterocycles. The molecule has 0 atom stereocenters. The van der Waals surface area contributed by atoms with Crippen LogP contribution in [0.1, 0.15) is 31.2 Å². The molecule has 2 aliphatic heterocycles. The molecule has 0 unspecified atom stereocenters. The number of halogens is 1. The summed E-state index contributed by atoms with van der Waals surface area (Å²) in [6, 6.07) is 5.19. The first-order chi connectivity index (χ1) is 9.25. The minimum Gasteiger partial charge on any atom is -0.508 e. The van der Waals surface area contributed by atoms with Crippen LogP contribution in [0.15, 0.2) is 18.2 Å². The lowest BCUT2D eigenvalue weighted by molar-refractivity contribution is 0.331. The average molecular weight is 283 g/mol. The van der Waals surface area contributed by atoms with Crippen LogP contribution in [0.4, 0.5) is 0 Å². The van der Waals surface area contributed by atoms with Crippen LogP contribution in [-0.4, -0.2) is 36.2 Å². The van der Waals surface area contributed by atoms with Gasteiger partial charge in [-0.1, -0.05) is 17.7 Å². The highest BCUT2D eigenvalue weighted by Gasteiger charge is 2.13. The Bertz CT molecular complexity index is 380. The summed E-state index contributed by atoms with van der Waals surface area (Å²) in [6.07, 6.45) is 5.35. The third kappa shape index (κ3) is 5.01. The van der Waals surface area contributed by atoms with Gasteiger partial charge in [0.05, 0.1) is 0 Å². The average Bonchev–Trinajstić information content (AvgIpc) is 3.08. The Morgan fingerprint density at radius 3 is 2.32 bits per heavy atom. The van der Waals surface area contributed by atoms with Crippen molar-refractivity contribution in [2.75, 3.05) is 26.2 Å². The smallest absolute Gasteiger partial charge is 0.117 e. The predicted molar refractivity (Wildman–Crippen MR) is 79.7 cm³/mol. The van der Waals surface area contributed by atoms with Gasteiger partial charge >= 0.3 is 0 Å². The zero-order chi connectivity index (χ0) is 13.5. The molecule has 0 bridgehead atoms. The molecule has 0 aliphatic carbocycles. The fourth-order valence-corrected chi connectivity index (χ4v) is 2.71. The van der Waals surface area contributed by atoms with Gasteiger partial charge in [0, 0.05) is 11.6 Å². The molecular weight excluding hydrogens is 260 g/mol. The van der Waals surface area contributed by atoms with Gasteiger partial charge in [-0.05, 0) is 69.6 Å². The Kier molecular flexibility index (Phi) is 5.95. The molecule has 4 heteroatoms. The van der Waals surface area contributed by atoms with Crippen LogP contribution in [0.3, 0.4) is 0 Å². The number of rotatable bonds is 2. The molecule has 0 spiro atoms. The number of phenolic OH excluding ortho intramolecular Hbond substituents is 1. The van der Waals surface area contributed by atoms with Gasteiger partial charge in [-0.15, -0.1) is 0 Å². The normalized spacial score (nSPS) is 19.2. The Hall–Kier alpha value is -0.770. The van der Waals surface area contributed by atoms with Gasteiger partial charge in [0.15, 0.2) is 0 Å². The highest BCUT2D eigenvalue weighted by atomic mass is 35.5. The van der Waals surface area contributed by atoms with Crippen molar-refractivity contribution in [1.82, 2.24) is 10.2 Å². The molecule has 0 saturated carbocycles. The van der Waals surface area contributed by atoms with Crippen molar-refractivity contribution in [3.63, 3.8) is 0 Å². The maximum atomic E-state index is 9.20. The quantitative estimate of drug-likeness (QED) is 0.875. The lowest BCUT2D eigenvalue weighted by atomic mass is 10.2. The molecule has 2 fully saturated rings. The fourth-order valence-electron chi connectivity index (χ4n) is 2.47. The van der Waals surface area contributed by atoms with Crippen molar-refractivity contribution in [2.24, 2.45) is 0 Å². The van der Waals surface area contributed by atoms with E-state index in [1.54, 1.807) is 12.1 Å². The molecule has 0 amide bonds. The van der Waals surface area contributed by atoms with Crippen molar-refractivity contribution in [1.29, 1.82) is 0 Å².